The number of amides is 1. The van der Waals surface area contributed by atoms with Gasteiger partial charge in [-0.25, -0.2) is 4.68 Å². The Bertz CT molecular complexity index is 908. The molecular weight excluding hydrogens is 388 g/mol. The first-order valence-corrected chi connectivity index (χ1v) is 10.8. The van der Waals surface area contributed by atoms with Gasteiger partial charge in [-0.3, -0.25) is 9.59 Å². The number of piperidine rings is 1. The van der Waals surface area contributed by atoms with Gasteiger partial charge in [0.1, 0.15) is 0 Å². The van der Waals surface area contributed by atoms with E-state index in [0.29, 0.717) is 23.9 Å². The van der Waals surface area contributed by atoms with Crippen molar-refractivity contribution in [3.63, 3.8) is 0 Å². The summed E-state index contributed by atoms with van der Waals surface area (Å²) in [5, 5.41) is 8.05. The Balaban J connectivity index is 1.29. The molecule has 1 aromatic carbocycles. The molecular formula is C22H27ClN4O2. The van der Waals surface area contributed by atoms with Crippen molar-refractivity contribution in [1.29, 1.82) is 0 Å². The van der Waals surface area contributed by atoms with Crippen molar-refractivity contribution in [2.24, 2.45) is 11.8 Å². The summed E-state index contributed by atoms with van der Waals surface area (Å²) in [6.07, 6.45) is 6.73. The molecule has 0 bridgehead atoms. The summed E-state index contributed by atoms with van der Waals surface area (Å²) in [6.45, 7) is 2.92. The summed E-state index contributed by atoms with van der Waals surface area (Å²) in [5.41, 5.74) is 1.87. The second-order valence-corrected chi connectivity index (χ2v) is 8.68. The average molecular weight is 415 g/mol. The van der Waals surface area contributed by atoms with Crippen LogP contribution in [0.15, 0.2) is 41.3 Å². The molecule has 1 aromatic heterocycles. The number of nitrogens with one attached hydrogen (secondary N) is 1. The fourth-order valence-corrected chi connectivity index (χ4v) is 4.01. The number of hydrogen-bond donors (Lipinski definition) is 1. The first-order valence-electron chi connectivity index (χ1n) is 10.4. The van der Waals surface area contributed by atoms with Crippen LogP contribution < -0.4 is 15.8 Å². The number of rotatable bonds is 7. The Labute approximate surface area is 175 Å². The number of carbonyl (C=O) groups excluding carboxylic acids is 1. The summed E-state index contributed by atoms with van der Waals surface area (Å²) < 4.78 is 1.58. The van der Waals surface area contributed by atoms with Crippen LogP contribution in [0.4, 0.5) is 5.69 Å². The predicted octanol–water partition coefficient (Wildman–Crippen LogP) is 3.23. The van der Waals surface area contributed by atoms with E-state index in [9.17, 15) is 9.59 Å². The largest absolute Gasteiger partial charge is 0.370 e. The molecule has 1 N–H and O–H groups in total. The zero-order valence-electron chi connectivity index (χ0n) is 16.5. The summed E-state index contributed by atoms with van der Waals surface area (Å²) in [6, 6.07) is 9.19. The number of hydrogen-bond acceptors (Lipinski definition) is 4. The van der Waals surface area contributed by atoms with Gasteiger partial charge in [0.05, 0.1) is 11.9 Å². The predicted molar refractivity (Wildman–Crippen MR) is 114 cm³/mol. The molecule has 0 radical (unpaired) electrons. The highest BCUT2D eigenvalue weighted by molar-refractivity contribution is 6.30. The molecule has 2 heterocycles. The Morgan fingerprint density at radius 2 is 1.97 bits per heavy atom. The van der Waals surface area contributed by atoms with E-state index in [4.69, 9.17) is 11.6 Å². The number of anilines is 1. The molecule has 154 valence electrons. The van der Waals surface area contributed by atoms with Crippen LogP contribution in [0.25, 0.3) is 0 Å². The Morgan fingerprint density at radius 3 is 2.69 bits per heavy atom. The van der Waals surface area contributed by atoms with Gasteiger partial charge in [-0.2, -0.15) is 5.10 Å². The Kier molecular flexibility index (Phi) is 6.19. The molecule has 4 rings (SSSR count). The number of aromatic nitrogens is 2. The third kappa shape index (κ3) is 5.60. The molecule has 1 saturated heterocycles. The van der Waals surface area contributed by atoms with E-state index >= 15 is 0 Å². The molecule has 2 aromatic rings. The second kappa shape index (κ2) is 8.99. The molecule has 1 aliphatic heterocycles. The molecule has 1 atom stereocenters. The van der Waals surface area contributed by atoms with Crippen molar-refractivity contribution >= 4 is 23.2 Å². The molecule has 6 nitrogen and oxygen atoms in total. The van der Waals surface area contributed by atoms with E-state index < -0.39 is 0 Å². The van der Waals surface area contributed by atoms with Crippen molar-refractivity contribution in [3.05, 3.63) is 57.5 Å². The van der Waals surface area contributed by atoms with E-state index in [-0.39, 0.29) is 17.4 Å². The Hall–Kier alpha value is -2.34. The second-order valence-electron chi connectivity index (χ2n) is 8.24. The van der Waals surface area contributed by atoms with E-state index in [1.54, 1.807) is 16.9 Å². The number of benzene rings is 1. The van der Waals surface area contributed by atoms with Crippen LogP contribution in [0.2, 0.25) is 5.02 Å². The van der Waals surface area contributed by atoms with Gasteiger partial charge in [-0.05, 0) is 55.2 Å². The number of carbonyl (C=O) groups is 1. The molecule has 7 heteroatoms. The lowest BCUT2D eigenvalue weighted by atomic mass is 9.94. The summed E-state index contributed by atoms with van der Waals surface area (Å²) >= 11 is 5.89. The molecule has 1 aliphatic carbocycles. The van der Waals surface area contributed by atoms with Crippen LogP contribution in [0.3, 0.4) is 0 Å². The van der Waals surface area contributed by atoms with E-state index in [1.807, 2.05) is 24.3 Å². The average Bonchev–Trinajstić information content (AvgIpc) is 3.53. The van der Waals surface area contributed by atoms with Crippen LogP contribution in [0.1, 0.15) is 37.7 Å². The maximum absolute atomic E-state index is 12.4. The smallest absolute Gasteiger partial charge is 0.268 e. The third-order valence-electron chi connectivity index (χ3n) is 5.74. The van der Waals surface area contributed by atoms with Gasteiger partial charge in [-0.15, -0.1) is 0 Å². The molecule has 2 fully saturated rings. The van der Waals surface area contributed by atoms with Gasteiger partial charge >= 0.3 is 0 Å². The van der Waals surface area contributed by atoms with Crippen molar-refractivity contribution < 1.29 is 4.79 Å². The van der Waals surface area contributed by atoms with Gasteiger partial charge in [0, 0.05) is 43.7 Å². The highest BCUT2D eigenvalue weighted by Crippen LogP contribution is 2.30. The van der Waals surface area contributed by atoms with Gasteiger partial charge < -0.3 is 10.2 Å². The monoisotopic (exact) mass is 414 g/mol. The fourth-order valence-electron chi connectivity index (χ4n) is 3.88. The normalized spacial score (nSPS) is 19.2. The summed E-state index contributed by atoms with van der Waals surface area (Å²) in [5.74, 6) is 0.962. The quantitative estimate of drug-likeness (QED) is 0.755. The fraction of sp³-hybridized carbons (Fsp3) is 0.500. The van der Waals surface area contributed by atoms with Crippen LogP contribution >= 0.6 is 11.6 Å². The van der Waals surface area contributed by atoms with Crippen molar-refractivity contribution in [2.75, 3.05) is 18.0 Å². The highest BCUT2D eigenvalue weighted by atomic mass is 35.5. The highest BCUT2D eigenvalue weighted by Gasteiger charge is 2.25. The topological polar surface area (TPSA) is 67.2 Å². The lowest BCUT2D eigenvalue weighted by Crippen LogP contribution is -2.38. The van der Waals surface area contributed by atoms with Crippen LogP contribution in [-0.4, -0.2) is 28.8 Å². The van der Waals surface area contributed by atoms with E-state index in [1.165, 1.54) is 12.8 Å². The maximum Gasteiger partial charge on any atom is 0.268 e. The minimum absolute atomic E-state index is 0.0303. The molecule has 29 heavy (non-hydrogen) atoms. The standard InChI is InChI=1S/C22H27ClN4O2/c23-19-7-5-16(6-8-19)12-24-21(28)10-18-2-1-9-26(14-18)20-11-22(29)27(25-13-20)15-17-3-4-17/h5-8,11,13,17-18H,1-4,9-10,12,14-15H2,(H,24,28). The van der Waals surface area contributed by atoms with Crippen molar-refractivity contribution in [1.82, 2.24) is 15.1 Å². The molecule has 1 unspecified atom stereocenters. The third-order valence-corrected chi connectivity index (χ3v) is 6.00. The van der Waals surface area contributed by atoms with Crippen molar-refractivity contribution in [3.8, 4) is 0 Å². The zero-order valence-corrected chi connectivity index (χ0v) is 17.3. The lowest BCUT2D eigenvalue weighted by Gasteiger charge is -2.34. The number of nitrogens with zero attached hydrogens (tertiary/aromatic N) is 3. The van der Waals surface area contributed by atoms with E-state index in [2.05, 4.69) is 15.3 Å². The lowest BCUT2D eigenvalue weighted by molar-refractivity contribution is -0.122. The van der Waals surface area contributed by atoms with Crippen LogP contribution in [-0.2, 0) is 17.9 Å². The minimum Gasteiger partial charge on any atom is -0.370 e. The molecule has 2 aliphatic rings. The van der Waals surface area contributed by atoms with Gasteiger partial charge in [0.15, 0.2) is 0 Å². The summed E-state index contributed by atoms with van der Waals surface area (Å²) in [7, 11) is 0. The van der Waals surface area contributed by atoms with Crippen LogP contribution in [0.5, 0.6) is 0 Å². The van der Waals surface area contributed by atoms with E-state index in [0.717, 1.165) is 43.7 Å². The maximum atomic E-state index is 12.4. The molecule has 1 saturated carbocycles. The SMILES string of the molecule is O=C(CC1CCCN(c2cnn(CC3CC3)c(=O)c2)C1)NCc1ccc(Cl)cc1. The first kappa shape index (κ1) is 20.0. The van der Waals surface area contributed by atoms with Gasteiger partial charge in [-0.1, -0.05) is 23.7 Å². The van der Waals surface area contributed by atoms with Crippen molar-refractivity contribution in [2.45, 2.75) is 45.2 Å². The molecule has 0 spiro atoms. The Morgan fingerprint density at radius 1 is 1.17 bits per heavy atom. The van der Waals surface area contributed by atoms with Gasteiger partial charge in [0.25, 0.3) is 5.56 Å². The van der Waals surface area contributed by atoms with Crippen LogP contribution in [0, 0.1) is 11.8 Å². The molecule has 1 amide bonds. The zero-order chi connectivity index (χ0) is 20.2. The minimum atomic E-state index is -0.0303. The van der Waals surface area contributed by atoms with Gasteiger partial charge in [0.2, 0.25) is 5.91 Å². The first-order chi connectivity index (χ1) is 14.1. The number of halogens is 1. The summed E-state index contributed by atoms with van der Waals surface area (Å²) in [4.78, 5) is 26.9.